The summed E-state index contributed by atoms with van der Waals surface area (Å²) >= 11 is 0. The summed E-state index contributed by atoms with van der Waals surface area (Å²) in [5.74, 6) is -0.138. The van der Waals surface area contributed by atoms with Gasteiger partial charge in [-0.1, -0.05) is 38.5 Å². The van der Waals surface area contributed by atoms with E-state index in [2.05, 4.69) is 15.5 Å². The number of nitrogens with zero attached hydrogens (tertiary/aromatic N) is 1. The molecule has 0 fully saturated rings. The molecule has 0 aliphatic carbocycles. The number of rotatable bonds is 35. The predicted molar refractivity (Wildman–Crippen MR) is 197 cm³/mol. The van der Waals surface area contributed by atoms with Crippen LogP contribution in [0.5, 0.6) is 0 Å². The average molecular weight is 700 g/mol. The zero-order valence-corrected chi connectivity index (χ0v) is 30.6. The van der Waals surface area contributed by atoms with E-state index in [9.17, 15) is 19.2 Å². The lowest BCUT2D eigenvalue weighted by Crippen LogP contribution is -2.42. The van der Waals surface area contributed by atoms with Crippen molar-refractivity contribution in [3.8, 4) is 0 Å². The Kier molecular flexibility index (Phi) is 30.6. The zero-order chi connectivity index (χ0) is 36.7. The molecule has 2 amide bonds. The van der Waals surface area contributed by atoms with E-state index < -0.39 is 24.2 Å². The van der Waals surface area contributed by atoms with E-state index in [1.54, 1.807) is 7.11 Å². The summed E-state index contributed by atoms with van der Waals surface area (Å²) in [6.07, 6.45) is 13.2. The van der Waals surface area contributed by atoms with Crippen LogP contribution < -0.4 is 45.0 Å². The zero-order valence-electron chi connectivity index (χ0n) is 30.6. The maximum atomic E-state index is 12.4. The van der Waals surface area contributed by atoms with Gasteiger partial charge in [-0.2, -0.15) is 0 Å². The van der Waals surface area contributed by atoms with Gasteiger partial charge in [0.1, 0.15) is 11.6 Å². The molecule has 0 unspecified atom stereocenters. The van der Waals surface area contributed by atoms with Crippen LogP contribution in [-0.4, -0.2) is 112 Å². The van der Waals surface area contributed by atoms with E-state index >= 15 is 0 Å². The Labute approximate surface area is 296 Å². The summed E-state index contributed by atoms with van der Waals surface area (Å²) in [7, 11) is 1.66. The number of ketones is 2. The lowest BCUT2D eigenvalue weighted by molar-refractivity contribution is -0.123. The van der Waals surface area contributed by atoms with Crippen LogP contribution in [-0.2, 0) is 23.9 Å². The highest BCUT2D eigenvalue weighted by Crippen LogP contribution is 2.10. The Morgan fingerprint density at radius 3 is 1.31 bits per heavy atom. The number of ether oxygens (including phenoxy) is 1. The molecular weight excluding hydrogens is 626 g/mol. The first-order valence-electron chi connectivity index (χ1n) is 18.8. The van der Waals surface area contributed by atoms with Crippen molar-refractivity contribution in [1.82, 2.24) is 15.5 Å². The van der Waals surface area contributed by atoms with Gasteiger partial charge in [-0.25, -0.2) is 0 Å². The molecule has 0 aromatic carbocycles. The van der Waals surface area contributed by atoms with Crippen molar-refractivity contribution in [2.75, 3.05) is 59.5 Å². The number of carbonyl (C=O) groups excluding carboxylic acids is 4. The van der Waals surface area contributed by atoms with Crippen molar-refractivity contribution >= 4 is 23.4 Å². The number of hydrogen-bond donors (Lipinski definition) is 8. The Morgan fingerprint density at radius 2 is 0.918 bits per heavy atom. The van der Waals surface area contributed by atoms with Crippen LogP contribution in [0.4, 0.5) is 0 Å². The van der Waals surface area contributed by atoms with Crippen LogP contribution in [0.2, 0.25) is 0 Å². The number of nitrogens with two attached hydrogens (primary N) is 6. The van der Waals surface area contributed by atoms with Crippen molar-refractivity contribution in [2.24, 2.45) is 34.4 Å². The molecule has 0 rings (SSSR count). The van der Waals surface area contributed by atoms with Gasteiger partial charge >= 0.3 is 0 Å². The second-order valence-corrected chi connectivity index (χ2v) is 13.2. The van der Waals surface area contributed by atoms with Gasteiger partial charge in [0.05, 0.1) is 30.8 Å². The second kappa shape index (κ2) is 31.9. The largest absolute Gasteiger partial charge is 0.383 e. The standard InChI is InChI=1S/C35H73N9O5/c1-49-27-26-44(24-12-22-42-34(47)30(40)16-4-2-6-18-32(45)28(38)14-8-10-20-36)25-13-23-43-35(48)31(41)17-5-3-7-19-33(46)29(39)15-9-11-21-37/h28-31H,2-27,36-41H2,1H3,(H,42,47)(H,43,48)/t28-,29-,30-,31-/m0/s1. The van der Waals surface area contributed by atoms with Crippen molar-refractivity contribution < 1.29 is 23.9 Å². The maximum Gasteiger partial charge on any atom is 0.236 e. The number of Topliss-reactive ketones (excluding diaryl/α,β-unsaturated/α-hetero) is 2. The lowest BCUT2D eigenvalue weighted by Gasteiger charge is -2.22. The van der Waals surface area contributed by atoms with Gasteiger partial charge in [0, 0.05) is 39.6 Å². The molecule has 0 saturated heterocycles. The monoisotopic (exact) mass is 700 g/mol. The number of hydrogen-bond acceptors (Lipinski definition) is 12. The Morgan fingerprint density at radius 1 is 0.531 bits per heavy atom. The quantitative estimate of drug-likeness (QED) is 0.0422. The van der Waals surface area contributed by atoms with Crippen LogP contribution in [0, 0.1) is 0 Å². The highest BCUT2D eigenvalue weighted by Gasteiger charge is 2.16. The topological polar surface area (TPSA) is 261 Å². The Balaban J connectivity index is 4.10. The van der Waals surface area contributed by atoms with Gasteiger partial charge in [0.15, 0.2) is 0 Å². The molecule has 14 heteroatoms. The first kappa shape index (κ1) is 47.0. The third-order valence-electron chi connectivity index (χ3n) is 8.83. The molecule has 0 bridgehead atoms. The molecule has 14 nitrogen and oxygen atoms in total. The molecule has 0 aromatic rings. The lowest BCUT2D eigenvalue weighted by atomic mass is 10.0. The minimum Gasteiger partial charge on any atom is -0.383 e. The highest BCUT2D eigenvalue weighted by atomic mass is 16.5. The van der Waals surface area contributed by atoms with Crippen LogP contribution in [0.3, 0.4) is 0 Å². The number of unbranched alkanes of at least 4 members (excludes halogenated alkanes) is 6. The fourth-order valence-corrected chi connectivity index (χ4v) is 5.50. The van der Waals surface area contributed by atoms with Crippen LogP contribution in [0.25, 0.3) is 0 Å². The fraction of sp³-hybridized carbons (Fsp3) is 0.886. The van der Waals surface area contributed by atoms with Crippen LogP contribution in [0.1, 0.15) is 116 Å². The summed E-state index contributed by atoms with van der Waals surface area (Å²) < 4.78 is 5.25. The van der Waals surface area contributed by atoms with Gasteiger partial charge < -0.3 is 54.7 Å². The minimum absolute atomic E-state index is 0.0909. The summed E-state index contributed by atoms with van der Waals surface area (Å²) in [6, 6.07) is -1.96. The van der Waals surface area contributed by atoms with E-state index in [0.717, 1.165) is 96.7 Å². The van der Waals surface area contributed by atoms with Crippen molar-refractivity contribution in [2.45, 2.75) is 140 Å². The van der Waals surface area contributed by atoms with Gasteiger partial charge in [-0.15, -0.1) is 0 Å². The first-order chi connectivity index (χ1) is 23.6. The molecule has 0 spiro atoms. The predicted octanol–water partition coefficient (Wildman–Crippen LogP) is 0.554. The molecule has 288 valence electrons. The third kappa shape index (κ3) is 26.4. The van der Waals surface area contributed by atoms with E-state index in [1.807, 2.05) is 0 Å². The molecule has 0 aliphatic rings. The summed E-state index contributed by atoms with van der Waals surface area (Å²) in [5, 5.41) is 5.87. The maximum absolute atomic E-state index is 12.4. The SMILES string of the molecule is COCCN(CCCNC(=O)[C@@H](N)CCCCCC(=O)[C@@H](N)CCCCN)CCCNC(=O)[C@@H](N)CCCCCC(=O)[C@@H](N)CCCCN. The number of nitrogens with one attached hydrogen (secondary N) is 2. The van der Waals surface area contributed by atoms with E-state index in [4.69, 9.17) is 39.1 Å². The van der Waals surface area contributed by atoms with Crippen molar-refractivity contribution in [3.05, 3.63) is 0 Å². The second-order valence-electron chi connectivity index (χ2n) is 13.2. The normalized spacial score (nSPS) is 14.0. The average Bonchev–Trinajstić information content (AvgIpc) is 3.09. The molecule has 0 radical (unpaired) electrons. The highest BCUT2D eigenvalue weighted by molar-refractivity contribution is 5.84. The molecule has 0 aliphatic heterocycles. The molecule has 49 heavy (non-hydrogen) atoms. The first-order valence-corrected chi connectivity index (χ1v) is 18.8. The van der Waals surface area contributed by atoms with Gasteiger partial charge in [0.25, 0.3) is 0 Å². The molecule has 14 N–H and O–H groups in total. The smallest absolute Gasteiger partial charge is 0.236 e. The van der Waals surface area contributed by atoms with Crippen LogP contribution in [0.15, 0.2) is 0 Å². The van der Waals surface area contributed by atoms with Gasteiger partial charge in [-0.3, -0.25) is 19.2 Å². The van der Waals surface area contributed by atoms with Gasteiger partial charge in [0.2, 0.25) is 11.8 Å². The molecule has 4 atom stereocenters. The number of carbonyl (C=O) groups is 4. The minimum atomic E-state index is -0.571. The number of methoxy groups -OCH3 is 1. The Hall–Kier alpha value is -2.04. The third-order valence-corrected chi connectivity index (χ3v) is 8.83. The molecule has 0 heterocycles. The molecule has 0 aromatic heterocycles. The fourth-order valence-electron chi connectivity index (χ4n) is 5.50. The van der Waals surface area contributed by atoms with Crippen LogP contribution >= 0.6 is 0 Å². The van der Waals surface area contributed by atoms with Gasteiger partial charge in [-0.05, 0) is 90.4 Å². The van der Waals surface area contributed by atoms with Crippen molar-refractivity contribution in [3.63, 3.8) is 0 Å². The number of amides is 2. The summed E-state index contributed by atoms with van der Waals surface area (Å²) in [6.45, 7) is 5.16. The van der Waals surface area contributed by atoms with E-state index in [1.165, 1.54) is 0 Å². The van der Waals surface area contributed by atoms with Crippen molar-refractivity contribution in [1.29, 1.82) is 0 Å². The summed E-state index contributed by atoms with van der Waals surface area (Å²) in [5.41, 5.74) is 35.1. The van der Waals surface area contributed by atoms with E-state index in [-0.39, 0.29) is 23.4 Å². The molecule has 0 saturated carbocycles. The molecular formula is C35H73N9O5. The summed E-state index contributed by atoms with van der Waals surface area (Å²) in [4.78, 5) is 51.4. The Bertz CT molecular complexity index is 803. The van der Waals surface area contributed by atoms with E-state index in [0.29, 0.717) is 71.3 Å².